The number of thiazole rings is 1. The lowest BCUT2D eigenvalue weighted by molar-refractivity contribution is 0.0643. The molecular weight excluding hydrogens is 310 g/mol. The summed E-state index contributed by atoms with van der Waals surface area (Å²) in [7, 11) is 0. The van der Waals surface area contributed by atoms with Crippen molar-refractivity contribution < 1.29 is 9.53 Å². The Labute approximate surface area is 140 Å². The lowest BCUT2D eigenvalue weighted by Crippen LogP contribution is -2.48. The van der Waals surface area contributed by atoms with Gasteiger partial charge in [-0.1, -0.05) is 13.0 Å². The lowest BCUT2D eigenvalue weighted by atomic mass is 10.1. The van der Waals surface area contributed by atoms with Crippen molar-refractivity contribution in [2.45, 2.75) is 13.5 Å². The zero-order chi connectivity index (χ0) is 16.1. The van der Waals surface area contributed by atoms with Crippen molar-refractivity contribution in [2.75, 3.05) is 32.7 Å². The van der Waals surface area contributed by atoms with Gasteiger partial charge < -0.3 is 14.5 Å². The molecule has 5 nitrogen and oxygen atoms in total. The second kappa shape index (κ2) is 7.57. The van der Waals surface area contributed by atoms with Crippen molar-refractivity contribution >= 4 is 17.2 Å². The topological polar surface area (TPSA) is 45.7 Å². The maximum absolute atomic E-state index is 12.6. The van der Waals surface area contributed by atoms with Crippen LogP contribution in [0, 0.1) is 0 Å². The molecule has 1 aromatic carbocycles. The molecule has 2 aromatic rings. The fourth-order valence-corrected chi connectivity index (χ4v) is 3.18. The Kier molecular flexibility index (Phi) is 5.25. The predicted octanol–water partition coefficient (Wildman–Crippen LogP) is 2.50. The summed E-state index contributed by atoms with van der Waals surface area (Å²) >= 11 is 1.55. The first-order valence-electron chi connectivity index (χ1n) is 7.88. The van der Waals surface area contributed by atoms with Gasteiger partial charge in [-0.3, -0.25) is 4.79 Å². The molecule has 0 radical (unpaired) electrons. The van der Waals surface area contributed by atoms with Crippen molar-refractivity contribution in [3.8, 4) is 5.75 Å². The summed E-state index contributed by atoms with van der Waals surface area (Å²) in [6.07, 6.45) is 0. The third kappa shape index (κ3) is 4.09. The maximum Gasteiger partial charge on any atom is 0.254 e. The highest BCUT2D eigenvalue weighted by molar-refractivity contribution is 7.07. The number of rotatable bonds is 5. The average Bonchev–Trinajstić information content (AvgIpc) is 3.13. The second-order valence-corrected chi connectivity index (χ2v) is 6.24. The Morgan fingerprint density at radius 3 is 2.83 bits per heavy atom. The first-order chi connectivity index (χ1) is 11.3. The van der Waals surface area contributed by atoms with Crippen LogP contribution in [0.4, 0.5) is 0 Å². The SMILES string of the molecule is CCN1CCN(C(=O)c2cccc(OCc3cscn3)c2)CC1. The minimum atomic E-state index is 0.0832. The third-order valence-corrected chi connectivity index (χ3v) is 4.69. The molecular formula is C17H21N3O2S. The molecule has 0 saturated carbocycles. The zero-order valence-corrected chi connectivity index (χ0v) is 14.1. The van der Waals surface area contributed by atoms with Crippen LogP contribution in [0.15, 0.2) is 35.2 Å². The molecule has 122 valence electrons. The van der Waals surface area contributed by atoms with Crippen molar-refractivity contribution in [3.05, 3.63) is 46.4 Å². The molecule has 0 bridgehead atoms. The van der Waals surface area contributed by atoms with Gasteiger partial charge in [-0.25, -0.2) is 4.98 Å². The quantitative estimate of drug-likeness (QED) is 0.844. The van der Waals surface area contributed by atoms with Gasteiger partial charge in [0, 0.05) is 37.1 Å². The molecule has 1 aliphatic rings. The molecule has 0 aliphatic carbocycles. The predicted molar refractivity (Wildman–Crippen MR) is 90.9 cm³/mol. The van der Waals surface area contributed by atoms with Crippen LogP contribution in [-0.2, 0) is 6.61 Å². The molecule has 0 N–H and O–H groups in total. The van der Waals surface area contributed by atoms with Crippen LogP contribution < -0.4 is 4.74 Å². The summed E-state index contributed by atoms with van der Waals surface area (Å²) in [5.41, 5.74) is 3.38. The van der Waals surface area contributed by atoms with E-state index < -0.39 is 0 Å². The lowest BCUT2D eigenvalue weighted by Gasteiger charge is -2.34. The van der Waals surface area contributed by atoms with Gasteiger partial charge in [-0.15, -0.1) is 11.3 Å². The van der Waals surface area contributed by atoms with Gasteiger partial charge in [0.15, 0.2) is 0 Å². The molecule has 1 aliphatic heterocycles. The van der Waals surface area contributed by atoms with E-state index >= 15 is 0 Å². The number of hydrogen-bond acceptors (Lipinski definition) is 5. The van der Waals surface area contributed by atoms with Crippen molar-refractivity contribution in [2.24, 2.45) is 0 Å². The van der Waals surface area contributed by atoms with Crippen LogP contribution in [0.25, 0.3) is 0 Å². The third-order valence-electron chi connectivity index (χ3n) is 4.06. The maximum atomic E-state index is 12.6. The molecule has 2 heterocycles. The van der Waals surface area contributed by atoms with Crippen molar-refractivity contribution in [3.63, 3.8) is 0 Å². The van der Waals surface area contributed by atoms with E-state index in [0.717, 1.165) is 38.4 Å². The van der Waals surface area contributed by atoms with Crippen LogP contribution in [0.2, 0.25) is 0 Å². The largest absolute Gasteiger partial charge is 0.487 e. The Morgan fingerprint density at radius 1 is 1.30 bits per heavy atom. The van der Waals surface area contributed by atoms with Gasteiger partial charge in [0.1, 0.15) is 12.4 Å². The first-order valence-corrected chi connectivity index (χ1v) is 8.82. The molecule has 1 fully saturated rings. The molecule has 23 heavy (non-hydrogen) atoms. The van der Waals surface area contributed by atoms with Crippen LogP contribution in [0.1, 0.15) is 23.0 Å². The highest BCUT2D eigenvalue weighted by atomic mass is 32.1. The van der Waals surface area contributed by atoms with Gasteiger partial charge >= 0.3 is 0 Å². The number of carbonyl (C=O) groups is 1. The molecule has 0 spiro atoms. The number of piperazine rings is 1. The zero-order valence-electron chi connectivity index (χ0n) is 13.3. The van der Waals surface area contributed by atoms with Crippen LogP contribution in [-0.4, -0.2) is 53.4 Å². The fourth-order valence-electron chi connectivity index (χ4n) is 2.63. The highest BCUT2D eigenvalue weighted by Gasteiger charge is 2.21. The number of hydrogen-bond donors (Lipinski definition) is 0. The summed E-state index contributed by atoms with van der Waals surface area (Å²) in [5.74, 6) is 0.788. The van der Waals surface area contributed by atoms with E-state index in [4.69, 9.17) is 4.74 Å². The minimum Gasteiger partial charge on any atom is -0.487 e. The van der Waals surface area contributed by atoms with E-state index in [0.29, 0.717) is 17.9 Å². The monoisotopic (exact) mass is 331 g/mol. The van der Waals surface area contributed by atoms with Crippen LogP contribution in [0.5, 0.6) is 5.75 Å². The molecule has 0 unspecified atom stereocenters. The Balaban J connectivity index is 1.61. The number of ether oxygens (including phenoxy) is 1. The Hall–Kier alpha value is -1.92. The fraction of sp³-hybridized carbons (Fsp3) is 0.412. The molecule has 1 aromatic heterocycles. The Morgan fingerprint density at radius 2 is 2.13 bits per heavy atom. The molecule has 6 heteroatoms. The molecule has 0 atom stereocenters. The van der Waals surface area contributed by atoms with Gasteiger partial charge in [0.05, 0.1) is 11.2 Å². The summed E-state index contributed by atoms with van der Waals surface area (Å²) in [4.78, 5) is 21.1. The summed E-state index contributed by atoms with van der Waals surface area (Å²) < 4.78 is 5.73. The van der Waals surface area contributed by atoms with E-state index in [9.17, 15) is 4.79 Å². The second-order valence-electron chi connectivity index (χ2n) is 5.52. The standard InChI is InChI=1S/C17H21N3O2S/c1-2-19-6-8-20(9-7-19)17(21)14-4-3-5-16(10-14)22-11-15-12-23-13-18-15/h3-5,10,12-13H,2,6-9,11H2,1H3. The van der Waals surface area contributed by atoms with Crippen molar-refractivity contribution in [1.29, 1.82) is 0 Å². The first kappa shape index (κ1) is 16.0. The number of amides is 1. The van der Waals surface area contributed by atoms with Gasteiger partial charge in [-0.05, 0) is 24.7 Å². The number of aromatic nitrogens is 1. The number of nitrogens with zero attached hydrogens (tertiary/aromatic N) is 3. The van der Waals surface area contributed by atoms with E-state index in [1.165, 1.54) is 0 Å². The van der Waals surface area contributed by atoms with E-state index in [2.05, 4.69) is 16.8 Å². The van der Waals surface area contributed by atoms with E-state index in [1.54, 1.807) is 16.8 Å². The smallest absolute Gasteiger partial charge is 0.254 e. The average molecular weight is 331 g/mol. The number of likely N-dealkylation sites (N-methyl/N-ethyl adjacent to an activating group) is 1. The minimum absolute atomic E-state index is 0.0832. The van der Waals surface area contributed by atoms with Gasteiger partial charge in [0.2, 0.25) is 0 Å². The summed E-state index contributed by atoms with van der Waals surface area (Å²) in [6.45, 7) is 7.09. The normalized spacial score (nSPS) is 15.6. The summed E-state index contributed by atoms with van der Waals surface area (Å²) in [6, 6.07) is 7.41. The van der Waals surface area contributed by atoms with Gasteiger partial charge in [-0.2, -0.15) is 0 Å². The number of benzene rings is 1. The number of carbonyl (C=O) groups excluding carboxylic acids is 1. The van der Waals surface area contributed by atoms with Gasteiger partial charge in [0.25, 0.3) is 5.91 Å². The van der Waals surface area contributed by atoms with Crippen LogP contribution in [0.3, 0.4) is 0 Å². The Bertz CT molecular complexity index is 637. The summed E-state index contributed by atoms with van der Waals surface area (Å²) in [5, 5.41) is 1.96. The molecule has 1 amide bonds. The van der Waals surface area contributed by atoms with Crippen molar-refractivity contribution in [1.82, 2.24) is 14.8 Å². The highest BCUT2D eigenvalue weighted by Crippen LogP contribution is 2.17. The van der Waals surface area contributed by atoms with E-state index in [-0.39, 0.29) is 5.91 Å². The van der Waals surface area contributed by atoms with Crippen LogP contribution >= 0.6 is 11.3 Å². The van der Waals surface area contributed by atoms with E-state index in [1.807, 2.05) is 34.5 Å². The molecule has 3 rings (SSSR count). The molecule has 1 saturated heterocycles.